The Labute approximate surface area is 116 Å². The van der Waals surface area contributed by atoms with Gasteiger partial charge in [-0.2, -0.15) is 0 Å². The SMILES string of the molecule is CC(C)NCc1cc(F)c(SCC(O)CO)c(F)c1. The van der Waals surface area contributed by atoms with E-state index in [4.69, 9.17) is 5.11 Å². The van der Waals surface area contributed by atoms with E-state index >= 15 is 0 Å². The smallest absolute Gasteiger partial charge is 0.140 e. The van der Waals surface area contributed by atoms with E-state index in [2.05, 4.69) is 5.32 Å². The number of hydrogen-bond donors (Lipinski definition) is 3. The van der Waals surface area contributed by atoms with E-state index in [-0.39, 0.29) is 16.7 Å². The molecule has 0 spiro atoms. The summed E-state index contributed by atoms with van der Waals surface area (Å²) in [6, 6.07) is 2.80. The molecule has 1 aromatic carbocycles. The lowest BCUT2D eigenvalue weighted by Gasteiger charge is -2.11. The van der Waals surface area contributed by atoms with Crippen LogP contribution >= 0.6 is 11.8 Å². The Morgan fingerprint density at radius 2 is 1.84 bits per heavy atom. The Morgan fingerprint density at radius 3 is 2.32 bits per heavy atom. The number of hydrogen-bond acceptors (Lipinski definition) is 4. The van der Waals surface area contributed by atoms with Gasteiger partial charge in [0.1, 0.15) is 11.6 Å². The van der Waals surface area contributed by atoms with Gasteiger partial charge < -0.3 is 15.5 Å². The van der Waals surface area contributed by atoms with E-state index in [0.717, 1.165) is 11.8 Å². The Bertz CT molecular complexity index is 393. The van der Waals surface area contributed by atoms with Crippen molar-refractivity contribution in [1.29, 1.82) is 0 Å². The van der Waals surface area contributed by atoms with Gasteiger partial charge in [0.15, 0.2) is 0 Å². The molecule has 108 valence electrons. The number of halogens is 2. The van der Waals surface area contributed by atoms with Gasteiger partial charge in [0, 0.05) is 18.3 Å². The lowest BCUT2D eigenvalue weighted by atomic mass is 10.2. The monoisotopic (exact) mass is 291 g/mol. The molecule has 1 atom stereocenters. The van der Waals surface area contributed by atoms with Crippen LogP contribution in [0.4, 0.5) is 8.78 Å². The van der Waals surface area contributed by atoms with Crippen molar-refractivity contribution in [1.82, 2.24) is 5.32 Å². The Morgan fingerprint density at radius 1 is 1.26 bits per heavy atom. The highest BCUT2D eigenvalue weighted by atomic mass is 32.2. The first-order valence-electron chi connectivity index (χ1n) is 6.07. The van der Waals surface area contributed by atoms with E-state index in [0.29, 0.717) is 12.1 Å². The van der Waals surface area contributed by atoms with Crippen LogP contribution in [-0.2, 0) is 6.54 Å². The largest absolute Gasteiger partial charge is 0.394 e. The minimum atomic E-state index is -0.980. The van der Waals surface area contributed by atoms with Crippen molar-refractivity contribution in [3.8, 4) is 0 Å². The van der Waals surface area contributed by atoms with Gasteiger partial charge >= 0.3 is 0 Å². The maximum absolute atomic E-state index is 13.8. The molecule has 19 heavy (non-hydrogen) atoms. The number of aliphatic hydroxyl groups excluding tert-OH is 2. The molecule has 0 radical (unpaired) electrons. The Kier molecular flexibility index (Phi) is 6.71. The molecule has 1 rings (SSSR count). The third-order valence-electron chi connectivity index (χ3n) is 2.40. The molecule has 0 fully saturated rings. The minimum Gasteiger partial charge on any atom is -0.394 e. The summed E-state index contributed by atoms with van der Waals surface area (Å²) in [5.41, 5.74) is 0.538. The van der Waals surface area contributed by atoms with Gasteiger partial charge in [0.05, 0.1) is 17.6 Å². The van der Waals surface area contributed by atoms with Gasteiger partial charge in [0.25, 0.3) is 0 Å². The van der Waals surface area contributed by atoms with Crippen LogP contribution in [-0.4, -0.2) is 34.7 Å². The minimum absolute atomic E-state index is 0.0495. The summed E-state index contributed by atoms with van der Waals surface area (Å²) in [7, 11) is 0. The quantitative estimate of drug-likeness (QED) is 0.672. The molecule has 0 aliphatic rings. The topological polar surface area (TPSA) is 52.5 Å². The van der Waals surface area contributed by atoms with E-state index in [9.17, 15) is 13.9 Å². The van der Waals surface area contributed by atoms with Gasteiger partial charge in [-0.3, -0.25) is 0 Å². The molecular formula is C13H19F2NO2S. The van der Waals surface area contributed by atoms with E-state index in [1.54, 1.807) is 0 Å². The van der Waals surface area contributed by atoms with Gasteiger partial charge in [-0.25, -0.2) is 8.78 Å². The van der Waals surface area contributed by atoms with E-state index in [1.807, 2.05) is 13.8 Å². The molecule has 1 aromatic rings. The molecule has 0 saturated carbocycles. The lowest BCUT2D eigenvalue weighted by Crippen LogP contribution is -2.22. The summed E-state index contributed by atoms with van der Waals surface area (Å²) in [5.74, 6) is -1.24. The van der Waals surface area contributed by atoms with Gasteiger partial charge in [-0.1, -0.05) is 13.8 Å². The molecule has 0 aliphatic carbocycles. The van der Waals surface area contributed by atoms with Crippen molar-refractivity contribution in [2.45, 2.75) is 37.4 Å². The fourth-order valence-electron chi connectivity index (χ4n) is 1.41. The van der Waals surface area contributed by atoms with Crippen LogP contribution < -0.4 is 5.32 Å². The van der Waals surface area contributed by atoms with Crippen LogP contribution in [0.15, 0.2) is 17.0 Å². The van der Waals surface area contributed by atoms with Crippen LogP contribution in [0, 0.1) is 11.6 Å². The summed E-state index contributed by atoms with van der Waals surface area (Å²) < 4.78 is 27.5. The van der Waals surface area contributed by atoms with Crippen LogP contribution in [0.5, 0.6) is 0 Å². The second-order valence-electron chi connectivity index (χ2n) is 4.57. The zero-order valence-corrected chi connectivity index (χ0v) is 11.8. The first-order valence-corrected chi connectivity index (χ1v) is 7.05. The molecule has 3 N–H and O–H groups in total. The van der Waals surface area contributed by atoms with Crippen LogP contribution in [0.1, 0.15) is 19.4 Å². The van der Waals surface area contributed by atoms with E-state index < -0.39 is 24.3 Å². The highest BCUT2D eigenvalue weighted by Gasteiger charge is 2.14. The standard InChI is InChI=1S/C13H19F2NO2S/c1-8(2)16-5-9-3-11(14)13(12(15)4-9)19-7-10(18)6-17/h3-4,8,10,16-18H,5-7H2,1-2H3. The van der Waals surface area contributed by atoms with Crippen molar-refractivity contribution in [2.75, 3.05) is 12.4 Å². The van der Waals surface area contributed by atoms with Crippen molar-refractivity contribution in [3.05, 3.63) is 29.3 Å². The molecule has 0 aromatic heterocycles. The molecule has 0 saturated heterocycles. The van der Waals surface area contributed by atoms with Gasteiger partial charge in [0.2, 0.25) is 0 Å². The maximum Gasteiger partial charge on any atom is 0.140 e. The summed E-state index contributed by atoms with van der Waals surface area (Å²) in [4.78, 5) is -0.124. The highest BCUT2D eigenvalue weighted by molar-refractivity contribution is 7.99. The highest BCUT2D eigenvalue weighted by Crippen LogP contribution is 2.27. The Balaban J connectivity index is 2.73. The maximum atomic E-state index is 13.8. The first kappa shape index (κ1) is 16.4. The number of thioether (sulfide) groups is 1. The molecule has 1 unspecified atom stereocenters. The second-order valence-corrected chi connectivity index (χ2v) is 5.60. The van der Waals surface area contributed by atoms with Crippen molar-refractivity contribution in [3.63, 3.8) is 0 Å². The summed E-state index contributed by atoms with van der Waals surface area (Å²) >= 11 is 0.859. The number of nitrogens with one attached hydrogen (secondary N) is 1. The summed E-state index contributed by atoms with van der Waals surface area (Å²) in [6.45, 7) is 3.88. The third-order valence-corrected chi connectivity index (χ3v) is 3.63. The molecule has 0 aliphatic heterocycles. The predicted octanol–water partition coefficient (Wildman–Crippen LogP) is 1.91. The fourth-order valence-corrected chi connectivity index (χ4v) is 2.26. The summed E-state index contributed by atoms with van der Waals surface area (Å²) in [6.07, 6.45) is -0.980. The van der Waals surface area contributed by atoms with Crippen LogP contribution in [0.25, 0.3) is 0 Å². The lowest BCUT2D eigenvalue weighted by molar-refractivity contribution is 0.113. The molecule has 0 bridgehead atoms. The molecule has 3 nitrogen and oxygen atoms in total. The number of rotatable bonds is 7. The zero-order chi connectivity index (χ0) is 14.4. The number of aliphatic hydroxyl groups is 2. The van der Waals surface area contributed by atoms with Crippen molar-refractivity contribution >= 4 is 11.8 Å². The van der Waals surface area contributed by atoms with Gasteiger partial charge in [-0.15, -0.1) is 11.8 Å². The van der Waals surface area contributed by atoms with Crippen molar-refractivity contribution in [2.24, 2.45) is 0 Å². The number of benzene rings is 1. The van der Waals surface area contributed by atoms with Crippen LogP contribution in [0.3, 0.4) is 0 Å². The van der Waals surface area contributed by atoms with E-state index in [1.165, 1.54) is 12.1 Å². The van der Waals surface area contributed by atoms with Crippen molar-refractivity contribution < 1.29 is 19.0 Å². The molecule has 0 amide bonds. The Hall–Kier alpha value is -0.690. The average Bonchev–Trinajstić information content (AvgIpc) is 2.34. The third kappa shape index (κ3) is 5.44. The summed E-state index contributed by atoms with van der Waals surface area (Å²) in [5, 5.41) is 20.9. The fraction of sp³-hybridized carbons (Fsp3) is 0.538. The molecule has 6 heteroatoms. The second kappa shape index (κ2) is 7.79. The molecule has 0 heterocycles. The normalized spacial score (nSPS) is 13.0. The predicted molar refractivity (Wildman–Crippen MR) is 72.2 cm³/mol. The molecular weight excluding hydrogens is 272 g/mol. The average molecular weight is 291 g/mol. The first-order chi connectivity index (χ1) is 8.93. The van der Waals surface area contributed by atoms with Crippen LogP contribution in [0.2, 0.25) is 0 Å². The zero-order valence-electron chi connectivity index (χ0n) is 11.0. The van der Waals surface area contributed by atoms with Gasteiger partial charge in [-0.05, 0) is 17.7 Å².